The maximum absolute atomic E-state index is 13.1. The second-order valence-electron chi connectivity index (χ2n) is 10.6. The molecule has 2 aromatic rings. The van der Waals surface area contributed by atoms with Crippen molar-refractivity contribution in [3.05, 3.63) is 52.1 Å². The minimum absolute atomic E-state index is 0.0530. The molecule has 0 spiro atoms. The number of hydrogen-bond acceptors (Lipinski definition) is 5. The van der Waals surface area contributed by atoms with E-state index in [-0.39, 0.29) is 29.0 Å². The van der Waals surface area contributed by atoms with Crippen LogP contribution >= 0.6 is 0 Å². The fraction of sp³-hybridized carbons (Fsp3) is 0.538. The molecule has 0 saturated heterocycles. The number of hydrogen-bond donors (Lipinski definition) is 0. The Kier molecular flexibility index (Phi) is 6.90. The van der Waals surface area contributed by atoms with Crippen LogP contribution in [0.4, 0.5) is 0 Å². The van der Waals surface area contributed by atoms with E-state index in [0.29, 0.717) is 0 Å². The van der Waals surface area contributed by atoms with Crippen LogP contribution in [-0.4, -0.2) is 48.4 Å². The van der Waals surface area contributed by atoms with Gasteiger partial charge in [0, 0.05) is 14.1 Å². The molecule has 0 aliphatic heterocycles. The molecule has 0 amide bonds. The quantitative estimate of drug-likeness (QED) is 0.540. The largest absolute Gasteiger partial charge is 0.461 e. The Balaban J connectivity index is 2.20. The van der Waals surface area contributed by atoms with Crippen molar-refractivity contribution in [2.24, 2.45) is 0 Å². The lowest BCUT2D eigenvalue weighted by atomic mass is 9.62. The Hall–Kier alpha value is -2.45. The lowest BCUT2D eigenvalue weighted by Crippen LogP contribution is -2.34. The van der Waals surface area contributed by atoms with Crippen LogP contribution in [0.1, 0.15) is 93.0 Å². The molecule has 34 heavy (non-hydrogen) atoms. The highest BCUT2D eigenvalue weighted by molar-refractivity contribution is 7.87. The number of esters is 1. The summed E-state index contributed by atoms with van der Waals surface area (Å²) in [6.45, 7) is 15.0. The molecule has 1 aromatic heterocycles. The molecular weight excluding hydrogens is 450 g/mol. The van der Waals surface area contributed by atoms with Gasteiger partial charge < -0.3 is 4.74 Å². The molecule has 0 N–H and O–H groups in total. The zero-order valence-corrected chi connectivity index (χ0v) is 22.6. The highest BCUT2D eigenvalue weighted by atomic mass is 32.2. The minimum atomic E-state index is -4.00. The second-order valence-corrected chi connectivity index (χ2v) is 12.6. The van der Waals surface area contributed by atoms with Crippen LogP contribution in [0.2, 0.25) is 0 Å². The van der Waals surface area contributed by atoms with Gasteiger partial charge in [-0.05, 0) is 78.3 Å². The van der Waals surface area contributed by atoms with Crippen molar-refractivity contribution in [1.29, 1.82) is 0 Å². The Morgan fingerprint density at radius 2 is 1.71 bits per heavy atom. The summed E-state index contributed by atoms with van der Waals surface area (Å²) in [5, 5.41) is 0. The molecule has 0 fully saturated rings. The van der Waals surface area contributed by atoms with Crippen molar-refractivity contribution >= 4 is 27.8 Å². The van der Waals surface area contributed by atoms with E-state index in [2.05, 4.69) is 51.7 Å². The number of allylic oxidation sites excluding steroid dienone is 1. The molecule has 1 aromatic carbocycles. The summed E-state index contributed by atoms with van der Waals surface area (Å²) in [4.78, 5) is 16.7. The van der Waals surface area contributed by atoms with Crippen LogP contribution in [0.15, 0.2) is 18.3 Å². The van der Waals surface area contributed by atoms with Crippen LogP contribution in [0.3, 0.4) is 0 Å². The number of benzene rings is 1. The van der Waals surface area contributed by atoms with Crippen molar-refractivity contribution in [2.45, 2.75) is 72.1 Å². The Labute approximate surface area is 204 Å². The topological polar surface area (TPSA) is 81.5 Å². The molecule has 1 heterocycles. The highest BCUT2D eigenvalue weighted by Crippen LogP contribution is 2.47. The van der Waals surface area contributed by atoms with Crippen molar-refractivity contribution in [1.82, 2.24) is 13.3 Å². The van der Waals surface area contributed by atoms with Gasteiger partial charge in [-0.3, -0.25) is 0 Å². The third kappa shape index (κ3) is 4.58. The summed E-state index contributed by atoms with van der Waals surface area (Å²) in [7, 11) is -1.16. The van der Waals surface area contributed by atoms with Gasteiger partial charge in [0.15, 0.2) is 5.69 Å². The number of aryl methyl sites for hydroxylation is 1. The first-order chi connectivity index (χ1) is 15.6. The summed E-state index contributed by atoms with van der Waals surface area (Å²) in [6, 6.07) is 4.52. The summed E-state index contributed by atoms with van der Waals surface area (Å²) in [5.74, 6) is -0.572. The van der Waals surface area contributed by atoms with E-state index in [4.69, 9.17) is 4.74 Å². The van der Waals surface area contributed by atoms with Gasteiger partial charge in [-0.15, -0.1) is 0 Å². The van der Waals surface area contributed by atoms with Crippen LogP contribution in [0.5, 0.6) is 0 Å². The van der Waals surface area contributed by atoms with E-state index < -0.39 is 16.2 Å². The Morgan fingerprint density at radius 3 is 2.24 bits per heavy atom. The average Bonchev–Trinajstić information content (AvgIpc) is 3.15. The number of aromatic nitrogens is 2. The molecule has 1 aliphatic rings. The van der Waals surface area contributed by atoms with E-state index in [1.165, 1.54) is 31.4 Å². The molecule has 7 nitrogen and oxygen atoms in total. The fourth-order valence-corrected chi connectivity index (χ4v) is 5.65. The average molecular weight is 488 g/mol. The first kappa shape index (κ1) is 26.2. The number of ether oxygens (including phenoxy) is 1. The lowest BCUT2D eigenvalue weighted by Gasteiger charge is -2.42. The molecule has 0 bridgehead atoms. The lowest BCUT2D eigenvalue weighted by molar-refractivity contribution is 0.0517. The van der Waals surface area contributed by atoms with Crippen molar-refractivity contribution in [3.63, 3.8) is 0 Å². The molecule has 0 radical (unpaired) electrons. The van der Waals surface area contributed by atoms with Gasteiger partial charge in [0.05, 0.1) is 12.8 Å². The zero-order chi connectivity index (χ0) is 25.6. The van der Waals surface area contributed by atoms with Gasteiger partial charge >= 0.3 is 16.2 Å². The first-order valence-electron chi connectivity index (χ1n) is 11.7. The Bertz CT molecular complexity index is 1250. The van der Waals surface area contributed by atoms with E-state index in [0.717, 1.165) is 37.8 Å². The van der Waals surface area contributed by atoms with Gasteiger partial charge in [-0.25, -0.2) is 9.78 Å². The molecule has 1 aliphatic carbocycles. The standard InChI is InChI=1S/C26H37N3O4S/c1-10-33-24(30)22-16-27-23(29(22)34(31,32)28(8)9)14-18(3)19-15-21-20(13-17(19)2)25(4,5)11-12-26(21,6)7/h13-16H,10-12H2,1-9H3. The number of carbonyl (C=O) groups is 1. The van der Waals surface area contributed by atoms with Crippen molar-refractivity contribution in [3.8, 4) is 0 Å². The smallest absolute Gasteiger partial charge is 0.357 e. The molecule has 0 atom stereocenters. The predicted octanol–water partition coefficient (Wildman–Crippen LogP) is 4.93. The van der Waals surface area contributed by atoms with Crippen molar-refractivity contribution < 1.29 is 17.9 Å². The van der Waals surface area contributed by atoms with Gasteiger partial charge in [-0.2, -0.15) is 16.7 Å². The minimum Gasteiger partial charge on any atom is -0.461 e. The molecule has 0 saturated carbocycles. The monoisotopic (exact) mass is 487 g/mol. The third-order valence-corrected chi connectivity index (χ3v) is 8.66. The van der Waals surface area contributed by atoms with Gasteiger partial charge in [0.25, 0.3) is 0 Å². The molecule has 186 valence electrons. The summed E-state index contributed by atoms with van der Waals surface area (Å²) >= 11 is 0. The SMILES string of the molecule is CCOC(=O)c1cnc(C=C(C)c2cc3c(cc2C)C(C)(C)CCC3(C)C)n1S(=O)(=O)N(C)C. The van der Waals surface area contributed by atoms with Crippen LogP contribution in [0, 0.1) is 6.92 Å². The molecular formula is C26H37N3O4S. The third-order valence-electron chi connectivity index (χ3n) is 6.89. The first-order valence-corrected chi connectivity index (χ1v) is 13.1. The van der Waals surface area contributed by atoms with Crippen molar-refractivity contribution in [2.75, 3.05) is 20.7 Å². The van der Waals surface area contributed by atoms with E-state index >= 15 is 0 Å². The highest BCUT2D eigenvalue weighted by Gasteiger charge is 2.37. The van der Waals surface area contributed by atoms with Gasteiger partial charge in [-0.1, -0.05) is 39.8 Å². The Morgan fingerprint density at radius 1 is 1.15 bits per heavy atom. The summed E-state index contributed by atoms with van der Waals surface area (Å²) in [6.07, 6.45) is 5.21. The number of carbonyl (C=O) groups excluding carboxylic acids is 1. The maximum Gasteiger partial charge on any atom is 0.357 e. The summed E-state index contributed by atoms with van der Waals surface area (Å²) in [5.41, 5.74) is 5.77. The maximum atomic E-state index is 13.1. The number of rotatable bonds is 6. The van der Waals surface area contributed by atoms with Crippen LogP contribution < -0.4 is 0 Å². The summed E-state index contributed by atoms with van der Waals surface area (Å²) < 4.78 is 33.3. The van der Waals surface area contributed by atoms with Crippen LogP contribution in [0.25, 0.3) is 11.6 Å². The van der Waals surface area contributed by atoms with E-state index in [1.807, 2.05) is 6.92 Å². The number of imidazole rings is 1. The second kappa shape index (κ2) is 8.96. The zero-order valence-electron chi connectivity index (χ0n) is 21.8. The van der Waals surface area contributed by atoms with E-state index in [1.54, 1.807) is 13.0 Å². The fourth-order valence-electron chi connectivity index (χ4n) is 4.62. The number of fused-ring (bicyclic) bond motifs is 1. The molecule has 3 rings (SSSR count). The van der Waals surface area contributed by atoms with Gasteiger partial charge in [0.1, 0.15) is 5.82 Å². The number of nitrogens with zero attached hydrogens (tertiary/aromatic N) is 3. The normalized spacial score (nSPS) is 17.5. The molecule has 0 unspecified atom stereocenters. The van der Waals surface area contributed by atoms with Crippen LogP contribution in [-0.2, 0) is 25.8 Å². The van der Waals surface area contributed by atoms with Gasteiger partial charge in [0.2, 0.25) is 0 Å². The molecule has 8 heteroatoms. The van der Waals surface area contributed by atoms with E-state index in [9.17, 15) is 13.2 Å². The predicted molar refractivity (Wildman–Crippen MR) is 136 cm³/mol.